The molecule has 6 heteroatoms. The van der Waals surface area contributed by atoms with Crippen LogP contribution in [0.25, 0.3) is 0 Å². The van der Waals surface area contributed by atoms with Crippen LogP contribution in [0.5, 0.6) is 5.75 Å². The molecule has 0 spiro atoms. The number of nitro benzene ring substituents is 1. The monoisotopic (exact) mass is 282 g/mol. The zero-order valence-corrected chi connectivity index (χ0v) is 12.2. The standard InChI is InChI=1S/C14H22N2O4/c1-11(2)15-5-4-6-20-10-12-7-13(16(17)18)9-14(8-12)19-3/h7-9,11,15H,4-6,10H2,1-3H3. The lowest BCUT2D eigenvalue weighted by Gasteiger charge is -2.09. The largest absolute Gasteiger partial charge is 0.496 e. The lowest BCUT2D eigenvalue weighted by Crippen LogP contribution is -2.24. The number of hydrogen-bond donors (Lipinski definition) is 1. The molecule has 0 heterocycles. The molecule has 0 saturated heterocycles. The zero-order chi connectivity index (χ0) is 15.0. The summed E-state index contributed by atoms with van der Waals surface area (Å²) in [6, 6.07) is 5.13. The highest BCUT2D eigenvalue weighted by Gasteiger charge is 2.10. The summed E-state index contributed by atoms with van der Waals surface area (Å²) in [5, 5.41) is 14.1. The minimum atomic E-state index is -0.432. The summed E-state index contributed by atoms with van der Waals surface area (Å²) in [6.07, 6.45) is 0.907. The van der Waals surface area contributed by atoms with Gasteiger partial charge < -0.3 is 14.8 Å². The second-order valence-corrected chi connectivity index (χ2v) is 4.81. The van der Waals surface area contributed by atoms with Gasteiger partial charge in [0, 0.05) is 18.7 Å². The molecule has 0 aromatic heterocycles. The molecule has 0 bridgehead atoms. The molecule has 0 amide bonds. The first-order valence-electron chi connectivity index (χ1n) is 6.66. The SMILES string of the molecule is COc1cc(COCCCNC(C)C)cc([N+](=O)[O-])c1. The maximum Gasteiger partial charge on any atom is 0.273 e. The first kappa shape index (κ1) is 16.4. The minimum Gasteiger partial charge on any atom is -0.496 e. The highest BCUT2D eigenvalue weighted by atomic mass is 16.6. The molecule has 0 aliphatic carbocycles. The second-order valence-electron chi connectivity index (χ2n) is 4.81. The molecule has 6 nitrogen and oxygen atoms in total. The average Bonchev–Trinajstić information content (AvgIpc) is 2.41. The number of non-ortho nitro benzene ring substituents is 1. The van der Waals surface area contributed by atoms with Crippen molar-refractivity contribution >= 4 is 5.69 Å². The third-order valence-electron chi connectivity index (χ3n) is 2.68. The van der Waals surface area contributed by atoms with E-state index in [1.807, 2.05) is 0 Å². The Morgan fingerprint density at radius 2 is 2.10 bits per heavy atom. The Hall–Kier alpha value is -1.66. The molecule has 0 fully saturated rings. The third kappa shape index (κ3) is 5.99. The van der Waals surface area contributed by atoms with Gasteiger partial charge in [-0.1, -0.05) is 13.8 Å². The number of rotatable bonds is 9. The molecule has 0 aliphatic rings. The van der Waals surface area contributed by atoms with E-state index in [4.69, 9.17) is 9.47 Å². The average molecular weight is 282 g/mol. The number of ether oxygens (including phenoxy) is 2. The maximum atomic E-state index is 10.8. The molecule has 0 saturated carbocycles. The van der Waals surface area contributed by atoms with E-state index < -0.39 is 4.92 Å². The van der Waals surface area contributed by atoms with E-state index in [0.29, 0.717) is 25.0 Å². The van der Waals surface area contributed by atoms with Gasteiger partial charge in [-0.3, -0.25) is 10.1 Å². The van der Waals surface area contributed by atoms with Gasteiger partial charge in [0.15, 0.2) is 0 Å². The van der Waals surface area contributed by atoms with E-state index in [9.17, 15) is 10.1 Å². The lowest BCUT2D eigenvalue weighted by atomic mass is 10.2. The van der Waals surface area contributed by atoms with Crippen molar-refractivity contribution in [3.05, 3.63) is 33.9 Å². The summed E-state index contributed by atoms with van der Waals surface area (Å²) in [5.41, 5.74) is 0.761. The van der Waals surface area contributed by atoms with E-state index in [2.05, 4.69) is 19.2 Å². The molecular formula is C14H22N2O4. The zero-order valence-electron chi connectivity index (χ0n) is 12.2. The van der Waals surface area contributed by atoms with Gasteiger partial charge in [0.25, 0.3) is 5.69 Å². The van der Waals surface area contributed by atoms with Crippen LogP contribution in [0.1, 0.15) is 25.8 Å². The van der Waals surface area contributed by atoms with Crippen molar-refractivity contribution in [3.8, 4) is 5.75 Å². The van der Waals surface area contributed by atoms with Crippen molar-refractivity contribution in [1.82, 2.24) is 5.32 Å². The summed E-state index contributed by atoms with van der Waals surface area (Å²) in [6.45, 7) is 6.05. The van der Waals surface area contributed by atoms with Crippen LogP contribution < -0.4 is 10.1 Å². The van der Waals surface area contributed by atoms with Crippen molar-refractivity contribution in [2.45, 2.75) is 32.9 Å². The van der Waals surface area contributed by atoms with Crippen molar-refractivity contribution in [2.75, 3.05) is 20.3 Å². The van der Waals surface area contributed by atoms with Crippen LogP contribution in [-0.4, -0.2) is 31.2 Å². The highest BCUT2D eigenvalue weighted by molar-refractivity contribution is 5.42. The topological polar surface area (TPSA) is 73.6 Å². The lowest BCUT2D eigenvalue weighted by molar-refractivity contribution is -0.385. The molecule has 1 rings (SSSR count). The number of nitro groups is 1. The van der Waals surface area contributed by atoms with Gasteiger partial charge in [-0.15, -0.1) is 0 Å². The fourth-order valence-corrected chi connectivity index (χ4v) is 1.71. The van der Waals surface area contributed by atoms with E-state index in [0.717, 1.165) is 18.5 Å². The summed E-state index contributed by atoms with van der Waals surface area (Å²) >= 11 is 0. The molecule has 20 heavy (non-hydrogen) atoms. The van der Waals surface area contributed by atoms with Crippen molar-refractivity contribution in [1.29, 1.82) is 0 Å². The Morgan fingerprint density at radius 1 is 1.35 bits per heavy atom. The Kier molecular flexibility index (Phi) is 6.97. The normalized spacial score (nSPS) is 10.8. The van der Waals surface area contributed by atoms with Gasteiger partial charge in [0.1, 0.15) is 5.75 Å². The van der Waals surface area contributed by atoms with Crippen molar-refractivity contribution in [3.63, 3.8) is 0 Å². The molecule has 112 valence electrons. The summed E-state index contributed by atoms with van der Waals surface area (Å²) in [7, 11) is 1.49. The molecule has 0 unspecified atom stereocenters. The molecule has 0 aliphatic heterocycles. The van der Waals surface area contributed by atoms with Gasteiger partial charge in [0.2, 0.25) is 0 Å². The predicted molar refractivity (Wildman–Crippen MR) is 77.1 cm³/mol. The van der Waals surface area contributed by atoms with Crippen LogP contribution in [0.3, 0.4) is 0 Å². The van der Waals surface area contributed by atoms with E-state index in [1.165, 1.54) is 19.2 Å². The van der Waals surface area contributed by atoms with Crippen LogP contribution in [-0.2, 0) is 11.3 Å². The highest BCUT2D eigenvalue weighted by Crippen LogP contribution is 2.22. The Balaban J connectivity index is 2.43. The van der Waals surface area contributed by atoms with Gasteiger partial charge in [-0.2, -0.15) is 0 Å². The fraction of sp³-hybridized carbons (Fsp3) is 0.571. The first-order valence-corrected chi connectivity index (χ1v) is 6.66. The Bertz CT molecular complexity index is 435. The van der Waals surface area contributed by atoms with Crippen LogP contribution in [0.2, 0.25) is 0 Å². The van der Waals surface area contributed by atoms with Gasteiger partial charge in [0.05, 0.1) is 24.7 Å². The smallest absolute Gasteiger partial charge is 0.273 e. The number of hydrogen-bond acceptors (Lipinski definition) is 5. The maximum absolute atomic E-state index is 10.8. The fourth-order valence-electron chi connectivity index (χ4n) is 1.71. The molecule has 1 N–H and O–H groups in total. The number of methoxy groups -OCH3 is 1. The second kappa shape index (κ2) is 8.50. The third-order valence-corrected chi connectivity index (χ3v) is 2.68. The molecular weight excluding hydrogens is 260 g/mol. The number of nitrogens with one attached hydrogen (secondary N) is 1. The van der Waals surface area contributed by atoms with Crippen LogP contribution in [0.4, 0.5) is 5.69 Å². The van der Waals surface area contributed by atoms with Crippen LogP contribution in [0.15, 0.2) is 18.2 Å². The predicted octanol–water partition coefficient (Wildman–Crippen LogP) is 2.51. The van der Waals surface area contributed by atoms with E-state index in [-0.39, 0.29) is 5.69 Å². The molecule has 0 radical (unpaired) electrons. The molecule has 1 aromatic rings. The van der Waals surface area contributed by atoms with Crippen molar-refractivity contribution < 1.29 is 14.4 Å². The summed E-state index contributed by atoms with van der Waals surface area (Å²) < 4.78 is 10.6. The van der Waals surface area contributed by atoms with Crippen molar-refractivity contribution in [2.24, 2.45) is 0 Å². The first-order chi connectivity index (χ1) is 9.52. The summed E-state index contributed by atoms with van der Waals surface area (Å²) in [5.74, 6) is 0.472. The van der Waals surface area contributed by atoms with Crippen LogP contribution in [0, 0.1) is 10.1 Å². The van der Waals surface area contributed by atoms with Gasteiger partial charge in [-0.25, -0.2) is 0 Å². The van der Waals surface area contributed by atoms with Gasteiger partial charge in [-0.05, 0) is 24.6 Å². The van der Waals surface area contributed by atoms with E-state index in [1.54, 1.807) is 6.07 Å². The van der Waals surface area contributed by atoms with Crippen LogP contribution >= 0.6 is 0 Å². The Labute approximate surface area is 119 Å². The summed E-state index contributed by atoms with van der Waals surface area (Å²) in [4.78, 5) is 10.4. The number of nitrogens with zero attached hydrogens (tertiary/aromatic N) is 1. The number of benzene rings is 1. The molecule has 1 aromatic carbocycles. The molecule has 0 atom stereocenters. The quantitative estimate of drug-likeness (QED) is 0.428. The minimum absolute atomic E-state index is 0.0180. The van der Waals surface area contributed by atoms with E-state index >= 15 is 0 Å². The van der Waals surface area contributed by atoms with Gasteiger partial charge >= 0.3 is 0 Å². The Morgan fingerprint density at radius 3 is 2.70 bits per heavy atom.